The van der Waals surface area contributed by atoms with E-state index >= 15 is 0 Å². The van der Waals surface area contributed by atoms with Crippen LogP contribution in [-0.2, 0) is 26.2 Å². The van der Waals surface area contributed by atoms with Crippen LogP contribution in [-0.4, -0.2) is 42.5 Å². The fraction of sp³-hybridized carbons (Fsp3) is 0.300. The molecule has 2 aromatic rings. The van der Waals surface area contributed by atoms with Gasteiger partial charge in [-0.15, -0.1) is 0 Å². The van der Waals surface area contributed by atoms with E-state index in [0.29, 0.717) is 6.54 Å². The Hall–Kier alpha value is -2.67. The van der Waals surface area contributed by atoms with Crippen molar-refractivity contribution in [2.24, 2.45) is 0 Å². The Kier molecular flexibility index (Phi) is 5.32. The van der Waals surface area contributed by atoms with E-state index in [0.717, 1.165) is 15.4 Å². The van der Waals surface area contributed by atoms with Crippen LogP contribution in [0.15, 0.2) is 59.5 Å². The standard InChI is InChI=1S/C20H22N2O4S/c1-15-8-10-17(11-9-15)27(25,26)22-18(12-13-19(22)23)20(24)21(2)14-16-6-4-3-5-7-16/h3-11,18H,12-14H2,1-2H3. The molecule has 1 heterocycles. The molecule has 7 heteroatoms. The van der Waals surface area contributed by atoms with Crippen molar-refractivity contribution in [1.29, 1.82) is 0 Å². The predicted octanol–water partition coefficient (Wildman–Crippen LogP) is 2.33. The molecule has 27 heavy (non-hydrogen) atoms. The number of amides is 2. The molecule has 0 bridgehead atoms. The van der Waals surface area contributed by atoms with Crippen LogP contribution in [0.2, 0.25) is 0 Å². The fourth-order valence-corrected chi connectivity index (χ4v) is 4.80. The van der Waals surface area contributed by atoms with Crippen LogP contribution in [0.3, 0.4) is 0 Å². The van der Waals surface area contributed by atoms with E-state index in [9.17, 15) is 18.0 Å². The first-order valence-corrected chi connectivity index (χ1v) is 10.2. The van der Waals surface area contributed by atoms with Gasteiger partial charge in [0.25, 0.3) is 10.0 Å². The number of benzene rings is 2. The van der Waals surface area contributed by atoms with Gasteiger partial charge in [0.1, 0.15) is 6.04 Å². The summed E-state index contributed by atoms with van der Waals surface area (Å²) in [4.78, 5) is 26.7. The van der Waals surface area contributed by atoms with Crippen molar-refractivity contribution in [3.8, 4) is 0 Å². The van der Waals surface area contributed by atoms with Crippen LogP contribution in [0.25, 0.3) is 0 Å². The Morgan fingerprint density at radius 2 is 1.74 bits per heavy atom. The van der Waals surface area contributed by atoms with Gasteiger partial charge < -0.3 is 4.90 Å². The second-order valence-electron chi connectivity index (χ2n) is 6.74. The molecule has 6 nitrogen and oxygen atoms in total. The molecule has 1 aliphatic heterocycles. The number of sulfonamides is 1. The first-order valence-electron chi connectivity index (χ1n) is 8.73. The molecule has 1 aliphatic rings. The summed E-state index contributed by atoms with van der Waals surface area (Å²) in [6.45, 7) is 2.20. The Bertz CT molecular complexity index is 940. The quantitative estimate of drug-likeness (QED) is 0.790. The second kappa shape index (κ2) is 7.52. The van der Waals surface area contributed by atoms with Gasteiger partial charge in [0, 0.05) is 20.0 Å². The maximum absolute atomic E-state index is 13.0. The van der Waals surface area contributed by atoms with Crippen molar-refractivity contribution in [1.82, 2.24) is 9.21 Å². The summed E-state index contributed by atoms with van der Waals surface area (Å²) in [7, 11) is -2.45. The maximum Gasteiger partial charge on any atom is 0.267 e. The molecule has 142 valence electrons. The highest BCUT2D eigenvalue weighted by atomic mass is 32.2. The summed E-state index contributed by atoms with van der Waals surface area (Å²) in [6.07, 6.45) is 0.239. The van der Waals surface area contributed by atoms with E-state index in [1.807, 2.05) is 37.3 Å². The lowest BCUT2D eigenvalue weighted by molar-refractivity contribution is -0.137. The number of carbonyl (C=O) groups is 2. The van der Waals surface area contributed by atoms with E-state index in [-0.39, 0.29) is 23.6 Å². The summed E-state index contributed by atoms with van der Waals surface area (Å²) in [5.74, 6) is -0.914. The van der Waals surface area contributed by atoms with Gasteiger partial charge in [-0.2, -0.15) is 0 Å². The van der Waals surface area contributed by atoms with Crippen LogP contribution in [0.5, 0.6) is 0 Å². The third-order valence-electron chi connectivity index (χ3n) is 4.66. The SMILES string of the molecule is Cc1ccc(S(=O)(=O)N2C(=O)CCC2C(=O)N(C)Cc2ccccc2)cc1. The van der Waals surface area contributed by atoms with Gasteiger partial charge in [-0.25, -0.2) is 12.7 Å². The Morgan fingerprint density at radius 1 is 1.11 bits per heavy atom. The Labute approximate surface area is 159 Å². The summed E-state index contributed by atoms with van der Waals surface area (Å²) in [5, 5.41) is 0. The third-order valence-corrected chi connectivity index (χ3v) is 6.51. The molecule has 1 fully saturated rings. The Balaban J connectivity index is 1.85. The molecule has 1 saturated heterocycles. The molecular formula is C20H22N2O4S. The van der Waals surface area contributed by atoms with Crippen LogP contribution in [0.4, 0.5) is 0 Å². The van der Waals surface area contributed by atoms with Crippen molar-refractivity contribution < 1.29 is 18.0 Å². The highest BCUT2D eigenvalue weighted by Crippen LogP contribution is 2.28. The average molecular weight is 386 g/mol. The van der Waals surface area contributed by atoms with E-state index in [4.69, 9.17) is 0 Å². The molecule has 0 saturated carbocycles. The lowest BCUT2D eigenvalue weighted by Gasteiger charge is -2.27. The van der Waals surface area contributed by atoms with Crippen molar-refractivity contribution >= 4 is 21.8 Å². The topological polar surface area (TPSA) is 74.8 Å². The normalized spacial score (nSPS) is 17.2. The Morgan fingerprint density at radius 3 is 2.37 bits per heavy atom. The van der Waals surface area contributed by atoms with Gasteiger partial charge >= 0.3 is 0 Å². The lowest BCUT2D eigenvalue weighted by Crippen LogP contribution is -2.47. The molecule has 0 aliphatic carbocycles. The zero-order chi connectivity index (χ0) is 19.6. The van der Waals surface area contributed by atoms with Gasteiger partial charge in [0.15, 0.2) is 0 Å². The van der Waals surface area contributed by atoms with Crippen LogP contribution < -0.4 is 0 Å². The van der Waals surface area contributed by atoms with Crippen LogP contribution in [0.1, 0.15) is 24.0 Å². The number of rotatable bonds is 5. The first kappa shape index (κ1) is 19.1. The summed E-state index contributed by atoms with van der Waals surface area (Å²) < 4.78 is 26.7. The van der Waals surface area contributed by atoms with Gasteiger partial charge in [0.05, 0.1) is 4.90 Å². The number of likely N-dealkylation sites (N-methyl/N-ethyl adjacent to an activating group) is 1. The van der Waals surface area contributed by atoms with Gasteiger partial charge in [-0.3, -0.25) is 9.59 Å². The van der Waals surface area contributed by atoms with Crippen molar-refractivity contribution in [3.05, 3.63) is 65.7 Å². The number of aryl methyl sites for hydroxylation is 1. The summed E-state index contributed by atoms with van der Waals surface area (Å²) in [5.41, 5.74) is 1.85. The van der Waals surface area contributed by atoms with Crippen molar-refractivity contribution in [3.63, 3.8) is 0 Å². The number of hydrogen-bond donors (Lipinski definition) is 0. The molecule has 0 radical (unpaired) electrons. The molecule has 1 atom stereocenters. The third kappa shape index (κ3) is 3.88. The molecule has 2 aromatic carbocycles. The first-order chi connectivity index (χ1) is 12.8. The van der Waals surface area contributed by atoms with Crippen molar-refractivity contribution in [2.75, 3.05) is 7.05 Å². The minimum Gasteiger partial charge on any atom is -0.340 e. The highest BCUT2D eigenvalue weighted by Gasteiger charge is 2.45. The minimum absolute atomic E-state index is 0.0202. The second-order valence-corrected chi connectivity index (χ2v) is 8.56. The van der Waals surface area contributed by atoms with Gasteiger partial charge in [-0.1, -0.05) is 48.0 Å². The van der Waals surface area contributed by atoms with E-state index < -0.39 is 22.0 Å². The average Bonchev–Trinajstić information content (AvgIpc) is 3.04. The maximum atomic E-state index is 13.0. The van der Waals surface area contributed by atoms with E-state index in [2.05, 4.69) is 0 Å². The smallest absolute Gasteiger partial charge is 0.267 e. The fourth-order valence-electron chi connectivity index (χ4n) is 3.20. The van der Waals surface area contributed by atoms with E-state index in [1.54, 1.807) is 19.2 Å². The molecule has 0 N–H and O–H groups in total. The largest absolute Gasteiger partial charge is 0.340 e. The zero-order valence-electron chi connectivity index (χ0n) is 15.3. The molecule has 0 aromatic heterocycles. The zero-order valence-corrected chi connectivity index (χ0v) is 16.1. The highest BCUT2D eigenvalue weighted by molar-refractivity contribution is 7.89. The van der Waals surface area contributed by atoms with Crippen molar-refractivity contribution in [2.45, 2.75) is 37.2 Å². The molecule has 3 rings (SSSR count). The number of hydrogen-bond acceptors (Lipinski definition) is 4. The lowest BCUT2D eigenvalue weighted by atomic mass is 10.1. The summed E-state index contributed by atoms with van der Waals surface area (Å²) in [6, 6.07) is 14.7. The van der Waals surface area contributed by atoms with Gasteiger partial charge in [0.2, 0.25) is 11.8 Å². The number of nitrogens with zero attached hydrogens (tertiary/aromatic N) is 2. The molecule has 0 spiro atoms. The van der Waals surface area contributed by atoms with E-state index in [1.165, 1.54) is 17.0 Å². The van der Waals surface area contributed by atoms with Crippen LogP contribution >= 0.6 is 0 Å². The minimum atomic E-state index is -4.07. The van der Waals surface area contributed by atoms with Gasteiger partial charge in [-0.05, 0) is 31.0 Å². The predicted molar refractivity (Wildman–Crippen MR) is 101 cm³/mol. The number of carbonyl (C=O) groups excluding carboxylic acids is 2. The summed E-state index contributed by atoms with van der Waals surface area (Å²) >= 11 is 0. The van der Waals surface area contributed by atoms with Crippen LogP contribution in [0, 0.1) is 6.92 Å². The molecular weight excluding hydrogens is 364 g/mol. The molecule has 2 amide bonds. The monoisotopic (exact) mass is 386 g/mol. The molecule has 1 unspecified atom stereocenters.